The minimum absolute atomic E-state index is 0.0518. The summed E-state index contributed by atoms with van der Waals surface area (Å²) in [6.45, 7) is 0.945. The van der Waals surface area contributed by atoms with Crippen molar-refractivity contribution in [2.24, 2.45) is 0 Å². The van der Waals surface area contributed by atoms with E-state index in [-0.39, 0.29) is 12.5 Å². The minimum atomic E-state index is -0.698. The zero-order chi connectivity index (χ0) is 17.3. The molecule has 0 radical (unpaired) electrons. The molecule has 1 aromatic heterocycles. The topological polar surface area (TPSA) is 58.6 Å². The predicted molar refractivity (Wildman–Crippen MR) is 98.1 cm³/mol. The lowest BCUT2D eigenvalue weighted by Gasteiger charge is -2.27. The molecule has 1 unspecified atom stereocenters. The van der Waals surface area contributed by atoms with Crippen LogP contribution in [0.2, 0.25) is 0 Å². The van der Waals surface area contributed by atoms with Crippen LogP contribution in [0.25, 0.3) is 0 Å². The van der Waals surface area contributed by atoms with Gasteiger partial charge in [0.15, 0.2) is 0 Å². The number of carbonyl (C=O) groups excluding carboxylic acids is 1. The monoisotopic (exact) mass is 357 g/mol. The van der Waals surface area contributed by atoms with Crippen molar-refractivity contribution in [2.75, 3.05) is 13.2 Å². The van der Waals surface area contributed by atoms with Gasteiger partial charge in [-0.15, -0.1) is 11.3 Å². The van der Waals surface area contributed by atoms with E-state index in [1.807, 2.05) is 29.6 Å². The minimum Gasteiger partial charge on any atom is -0.493 e. The number of aliphatic hydroxyl groups excluding tert-OH is 1. The molecule has 0 spiro atoms. The van der Waals surface area contributed by atoms with Gasteiger partial charge in [0.05, 0.1) is 18.1 Å². The van der Waals surface area contributed by atoms with E-state index in [4.69, 9.17) is 4.74 Å². The Bertz CT molecular complexity index is 750. The van der Waals surface area contributed by atoms with Crippen LogP contribution < -0.4 is 10.1 Å². The van der Waals surface area contributed by atoms with E-state index in [2.05, 4.69) is 11.4 Å². The Hall–Kier alpha value is -1.85. The average Bonchev–Trinajstić information content (AvgIpc) is 3.39. The van der Waals surface area contributed by atoms with Gasteiger partial charge in [-0.05, 0) is 47.5 Å². The largest absolute Gasteiger partial charge is 0.493 e. The molecule has 132 valence electrons. The smallest absolute Gasteiger partial charge is 0.231 e. The van der Waals surface area contributed by atoms with Crippen molar-refractivity contribution in [2.45, 2.75) is 43.6 Å². The fraction of sp³-hybridized carbons (Fsp3) is 0.450. The zero-order valence-corrected chi connectivity index (χ0v) is 15.0. The molecule has 1 aromatic carbocycles. The highest BCUT2D eigenvalue weighted by Crippen LogP contribution is 2.43. The van der Waals surface area contributed by atoms with Gasteiger partial charge in [0.1, 0.15) is 5.75 Å². The van der Waals surface area contributed by atoms with Gasteiger partial charge in [0.25, 0.3) is 0 Å². The first-order valence-corrected chi connectivity index (χ1v) is 9.83. The molecule has 1 amide bonds. The summed E-state index contributed by atoms with van der Waals surface area (Å²) in [6, 6.07) is 9.85. The quantitative estimate of drug-likeness (QED) is 0.863. The molecule has 1 aliphatic heterocycles. The van der Waals surface area contributed by atoms with Gasteiger partial charge in [-0.2, -0.15) is 0 Å². The first-order chi connectivity index (χ1) is 12.2. The molecule has 1 fully saturated rings. The molecule has 4 rings (SSSR count). The SMILES string of the molecule is O=C(NCC(O)c1ccc2c(c1)CCO2)C1(c2cccs2)CCCC1. The molecular formula is C20H23NO3S. The maximum atomic E-state index is 13.0. The molecule has 1 saturated carbocycles. The van der Waals surface area contributed by atoms with Crippen molar-refractivity contribution in [3.8, 4) is 5.75 Å². The summed E-state index contributed by atoms with van der Waals surface area (Å²) in [6.07, 6.45) is 4.13. The predicted octanol–water partition coefficient (Wildman–Crippen LogP) is 3.34. The number of nitrogens with one attached hydrogen (secondary N) is 1. The molecule has 2 aliphatic rings. The summed E-state index contributed by atoms with van der Waals surface area (Å²) in [5, 5.41) is 15.5. The maximum Gasteiger partial charge on any atom is 0.231 e. The summed E-state index contributed by atoms with van der Waals surface area (Å²) in [4.78, 5) is 14.1. The Balaban J connectivity index is 1.44. The number of fused-ring (bicyclic) bond motifs is 1. The van der Waals surface area contributed by atoms with E-state index in [1.165, 1.54) is 0 Å². The van der Waals surface area contributed by atoms with Gasteiger partial charge < -0.3 is 15.2 Å². The number of amides is 1. The fourth-order valence-corrected chi connectivity index (χ4v) is 4.99. The molecule has 2 N–H and O–H groups in total. The third-order valence-electron chi connectivity index (χ3n) is 5.44. The Morgan fingerprint density at radius 2 is 2.16 bits per heavy atom. The number of aliphatic hydroxyl groups is 1. The normalized spacial score (nSPS) is 19.2. The molecule has 2 heterocycles. The van der Waals surface area contributed by atoms with Crippen molar-refractivity contribution < 1.29 is 14.6 Å². The third-order valence-corrected chi connectivity index (χ3v) is 6.51. The van der Waals surface area contributed by atoms with Gasteiger partial charge in [-0.25, -0.2) is 0 Å². The van der Waals surface area contributed by atoms with Crippen LogP contribution in [0.1, 0.15) is 47.8 Å². The van der Waals surface area contributed by atoms with E-state index < -0.39 is 11.5 Å². The first kappa shape index (κ1) is 16.6. The number of hydrogen-bond acceptors (Lipinski definition) is 4. The Morgan fingerprint density at radius 3 is 2.92 bits per heavy atom. The number of hydrogen-bond donors (Lipinski definition) is 2. The van der Waals surface area contributed by atoms with E-state index in [0.717, 1.165) is 53.9 Å². The van der Waals surface area contributed by atoms with Gasteiger partial charge in [0, 0.05) is 17.8 Å². The molecule has 1 aliphatic carbocycles. The van der Waals surface area contributed by atoms with Gasteiger partial charge in [-0.3, -0.25) is 4.79 Å². The summed E-state index contributed by atoms with van der Waals surface area (Å²) in [5.74, 6) is 0.957. The molecular weight excluding hydrogens is 334 g/mol. The van der Waals surface area contributed by atoms with Crippen LogP contribution in [0.3, 0.4) is 0 Å². The first-order valence-electron chi connectivity index (χ1n) is 8.95. The van der Waals surface area contributed by atoms with E-state index in [9.17, 15) is 9.90 Å². The lowest BCUT2D eigenvalue weighted by molar-refractivity contribution is -0.127. The van der Waals surface area contributed by atoms with Crippen LogP contribution in [0, 0.1) is 0 Å². The second-order valence-electron chi connectivity index (χ2n) is 6.96. The number of carbonyl (C=O) groups is 1. The maximum absolute atomic E-state index is 13.0. The van der Waals surface area contributed by atoms with E-state index in [1.54, 1.807) is 11.3 Å². The van der Waals surface area contributed by atoms with Crippen LogP contribution in [-0.4, -0.2) is 24.2 Å². The van der Waals surface area contributed by atoms with Crippen LogP contribution in [0.4, 0.5) is 0 Å². The molecule has 4 nitrogen and oxygen atoms in total. The van der Waals surface area contributed by atoms with Crippen LogP contribution in [0.15, 0.2) is 35.7 Å². The van der Waals surface area contributed by atoms with Crippen molar-refractivity contribution in [1.82, 2.24) is 5.32 Å². The van der Waals surface area contributed by atoms with E-state index >= 15 is 0 Å². The molecule has 1 atom stereocenters. The highest BCUT2D eigenvalue weighted by molar-refractivity contribution is 7.10. The number of ether oxygens (including phenoxy) is 1. The molecule has 0 saturated heterocycles. The van der Waals surface area contributed by atoms with Crippen LogP contribution >= 0.6 is 11.3 Å². The van der Waals surface area contributed by atoms with Crippen molar-refractivity contribution in [1.29, 1.82) is 0 Å². The zero-order valence-electron chi connectivity index (χ0n) is 14.2. The van der Waals surface area contributed by atoms with Crippen molar-refractivity contribution in [3.05, 3.63) is 51.7 Å². The third kappa shape index (κ3) is 3.07. The summed E-state index contributed by atoms with van der Waals surface area (Å²) in [5.41, 5.74) is 1.56. The molecule has 2 aromatic rings. The molecule has 0 bridgehead atoms. The Labute approximate surface area is 151 Å². The second-order valence-corrected chi connectivity index (χ2v) is 7.91. The fourth-order valence-electron chi connectivity index (χ4n) is 4.00. The highest BCUT2D eigenvalue weighted by Gasteiger charge is 2.43. The molecule has 25 heavy (non-hydrogen) atoms. The molecule has 5 heteroatoms. The van der Waals surface area contributed by atoms with Crippen molar-refractivity contribution in [3.63, 3.8) is 0 Å². The van der Waals surface area contributed by atoms with Gasteiger partial charge in [0.2, 0.25) is 5.91 Å². The Morgan fingerprint density at radius 1 is 1.32 bits per heavy atom. The highest BCUT2D eigenvalue weighted by atomic mass is 32.1. The standard InChI is InChI=1S/C20H23NO3S/c22-16(14-5-6-17-15(12-14)7-10-24-17)13-21-19(23)20(8-1-2-9-20)18-4-3-11-25-18/h3-6,11-12,16,22H,1-2,7-10,13H2,(H,21,23). The summed E-state index contributed by atoms with van der Waals surface area (Å²) < 4.78 is 5.50. The van der Waals surface area contributed by atoms with Crippen LogP contribution in [0.5, 0.6) is 5.75 Å². The number of benzene rings is 1. The average molecular weight is 357 g/mol. The van der Waals surface area contributed by atoms with Crippen LogP contribution in [-0.2, 0) is 16.6 Å². The second kappa shape index (κ2) is 6.81. The number of thiophene rings is 1. The lowest BCUT2D eigenvalue weighted by atomic mass is 9.83. The summed E-state index contributed by atoms with van der Waals surface area (Å²) in [7, 11) is 0. The summed E-state index contributed by atoms with van der Waals surface area (Å²) >= 11 is 1.65. The van der Waals surface area contributed by atoms with Gasteiger partial charge >= 0.3 is 0 Å². The van der Waals surface area contributed by atoms with Crippen molar-refractivity contribution >= 4 is 17.2 Å². The van der Waals surface area contributed by atoms with E-state index in [0.29, 0.717) is 6.61 Å². The lowest BCUT2D eigenvalue weighted by Crippen LogP contribution is -2.43. The Kier molecular flexibility index (Phi) is 4.52. The van der Waals surface area contributed by atoms with Gasteiger partial charge in [-0.1, -0.05) is 25.0 Å². The number of rotatable bonds is 5.